The third kappa shape index (κ3) is 2.55. The van der Waals surface area contributed by atoms with Crippen LogP contribution in [-0.4, -0.2) is 6.18 Å². The first-order chi connectivity index (χ1) is 7.27. The molecule has 0 heterocycles. The van der Waals surface area contributed by atoms with Crippen LogP contribution >= 0.6 is 0 Å². The molecular weight excluding hydrogens is 215 g/mol. The lowest BCUT2D eigenvalue weighted by Crippen LogP contribution is -2.51. The van der Waals surface area contributed by atoms with Crippen molar-refractivity contribution >= 4 is 0 Å². The Kier molecular flexibility index (Phi) is 3.63. The highest BCUT2D eigenvalue weighted by molar-refractivity contribution is 5.26. The molecule has 0 aliphatic carbocycles. The molecule has 0 spiro atoms. The zero-order valence-corrected chi connectivity index (χ0v) is 9.38. The molecule has 0 aromatic heterocycles. The molecule has 1 unspecified atom stereocenters. The van der Waals surface area contributed by atoms with Gasteiger partial charge < -0.3 is 5.73 Å². The molecule has 1 atom stereocenters. The van der Waals surface area contributed by atoms with E-state index in [0.29, 0.717) is 0 Å². The van der Waals surface area contributed by atoms with Gasteiger partial charge in [-0.2, -0.15) is 13.2 Å². The third-order valence-electron chi connectivity index (χ3n) is 2.52. The van der Waals surface area contributed by atoms with Gasteiger partial charge in [-0.05, 0) is 17.9 Å². The number of benzene rings is 1. The minimum absolute atomic E-state index is 0.111. The predicted molar refractivity (Wildman–Crippen MR) is 57.8 cm³/mol. The molecular formula is C12H16F3N. The van der Waals surface area contributed by atoms with Crippen molar-refractivity contribution in [3.63, 3.8) is 0 Å². The summed E-state index contributed by atoms with van der Waals surface area (Å²) >= 11 is 0. The molecule has 1 rings (SSSR count). The Morgan fingerprint density at radius 1 is 1.12 bits per heavy atom. The maximum absolute atomic E-state index is 13.0. The minimum atomic E-state index is -4.43. The molecule has 4 heteroatoms. The van der Waals surface area contributed by atoms with Crippen molar-refractivity contribution in [2.45, 2.75) is 32.0 Å². The van der Waals surface area contributed by atoms with E-state index in [2.05, 4.69) is 0 Å². The number of hydrogen-bond acceptors (Lipinski definition) is 1. The largest absolute Gasteiger partial charge is 0.410 e. The van der Waals surface area contributed by atoms with Gasteiger partial charge in [0.25, 0.3) is 0 Å². The van der Waals surface area contributed by atoms with Crippen molar-refractivity contribution in [2.75, 3.05) is 0 Å². The Morgan fingerprint density at radius 3 is 2.00 bits per heavy atom. The molecule has 0 aliphatic heterocycles. The molecule has 0 saturated heterocycles. The van der Waals surface area contributed by atoms with Gasteiger partial charge >= 0.3 is 6.18 Å². The van der Waals surface area contributed by atoms with Crippen molar-refractivity contribution < 1.29 is 13.2 Å². The number of halogens is 3. The van der Waals surface area contributed by atoms with Gasteiger partial charge in [0.05, 0.1) is 0 Å². The Balaban J connectivity index is 3.16. The van der Waals surface area contributed by atoms with E-state index >= 15 is 0 Å². The van der Waals surface area contributed by atoms with Gasteiger partial charge in [0.1, 0.15) is 5.54 Å². The van der Waals surface area contributed by atoms with E-state index in [1.807, 2.05) is 0 Å². The summed E-state index contributed by atoms with van der Waals surface area (Å²) in [5.74, 6) is -0.119. The molecule has 90 valence electrons. The van der Waals surface area contributed by atoms with Gasteiger partial charge in [-0.3, -0.25) is 0 Å². The topological polar surface area (TPSA) is 26.0 Å². The highest BCUT2D eigenvalue weighted by Crippen LogP contribution is 2.41. The quantitative estimate of drug-likeness (QED) is 0.847. The first-order valence-corrected chi connectivity index (χ1v) is 5.18. The monoisotopic (exact) mass is 231 g/mol. The van der Waals surface area contributed by atoms with Gasteiger partial charge in [0, 0.05) is 0 Å². The zero-order valence-electron chi connectivity index (χ0n) is 9.38. The summed E-state index contributed by atoms with van der Waals surface area (Å²) in [7, 11) is 0. The standard InChI is InChI=1S/C12H16F3N/c1-9(2)8-11(16,12(13,14)15)10-6-4-3-5-7-10/h3-7,9H,8,16H2,1-2H3. The van der Waals surface area contributed by atoms with Crippen LogP contribution in [0.2, 0.25) is 0 Å². The fraction of sp³-hybridized carbons (Fsp3) is 0.500. The van der Waals surface area contributed by atoms with Crippen molar-refractivity contribution in [3.05, 3.63) is 35.9 Å². The molecule has 0 radical (unpaired) electrons. The second-order valence-corrected chi connectivity index (χ2v) is 4.43. The predicted octanol–water partition coefficient (Wildman–Crippen LogP) is 3.45. The van der Waals surface area contributed by atoms with Gasteiger partial charge in [-0.1, -0.05) is 44.2 Å². The maximum Gasteiger partial charge on any atom is 0.410 e. The van der Waals surface area contributed by atoms with Crippen LogP contribution in [0, 0.1) is 5.92 Å². The minimum Gasteiger partial charge on any atom is -0.314 e. The van der Waals surface area contributed by atoms with Crippen molar-refractivity contribution in [2.24, 2.45) is 11.7 Å². The van der Waals surface area contributed by atoms with Crippen molar-refractivity contribution in [1.29, 1.82) is 0 Å². The molecule has 1 nitrogen and oxygen atoms in total. The molecule has 2 N–H and O–H groups in total. The van der Waals surface area contributed by atoms with Crippen LogP contribution in [0.4, 0.5) is 13.2 Å². The highest BCUT2D eigenvalue weighted by atomic mass is 19.4. The van der Waals surface area contributed by atoms with E-state index in [-0.39, 0.29) is 17.9 Å². The first-order valence-electron chi connectivity index (χ1n) is 5.18. The van der Waals surface area contributed by atoms with Crippen molar-refractivity contribution in [1.82, 2.24) is 0 Å². The van der Waals surface area contributed by atoms with Crippen LogP contribution in [0.5, 0.6) is 0 Å². The van der Waals surface area contributed by atoms with E-state index in [4.69, 9.17) is 5.73 Å². The highest BCUT2D eigenvalue weighted by Gasteiger charge is 2.52. The first kappa shape index (κ1) is 13.0. The van der Waals surface area contributed by atoms with E-state index in [1.165, 1.54) is 12.1 Å². The molecule has 0 aliphatic rings. The summed E-state index contributed by atoms with van der Waals surface area (Å²) in [6.45, 7) is 3.46. The average molecular weight is 231 g/mol. The molecule has 0 amide bonds. The Labute approximate surface area is 93.5 Å². The van der Waals surface area contributed by atoms with E-state index in [1.54, 1.807) is 32.0 Å². The summed E-state index contributed by atoms with van der Waals surface area (Å²) in [6.07, 6.45) is -4.54. The summed E-state index contributed by atoms with van der Waals surface area (Å²) in [4.78, 5) is 0. The zero-order chi connectivity index (χ0) is 12.4. The summed E-state index contributed by atoms with van der Waals surface area (Å²) in [5.41, 5.74) is 3.45. The van der Waals surface area contributed by atoms with Crippen LogP contribution in [0.1, 0.15) is 25.8 Å². The molecule has 16 heavy (non-hydrogen) atoms. The maximum atomic E-state index is 13.0. The number of nitrogens with two attached hydrogens (primary N) is 1. The van der Waals surface area contributed by atoms with Gasteiger partial charge in [-0.15, -0.1) is 0 Å². The Hall–Kier alpha value is -1.03. The van der Waals surface area contributed by atoms with Crippen molar-refractivity contribution in [3.8, 4) is 0 Å². The lowest BCUT2D eigenvalue weighted by atomic mass is 9.82. The van der Waals surface area contributed by atoms with Gasteiger partial charge in [0.2, 0.25) is 0 Å². The lowest BCUT2D eigenvalue weighted by Gasteiger charge is -2.33. The summed E-state index contributed by atoms with van der Waals surface area (Å²) in [6, 6.07) is 7.67. The van der Waals surface area contributed by atoms with Crippen LogP contribution in [0.25, 0.3) is 0 Å². The normalized spacial score (nSPS) is 16.2. The summed E-state index contributed by atoms with van der Waals surface area (Å²) in [5, 5.41) is 0. The SMILES string of the molecule is CC(C)CC(N)(c1ccccc1)C(F)(F)F. The van der Waals surface area contributed by atoms with Crippen LogP contribution < -0.4 is 5.73 Å². The lowest BCUT2D eigenvalue weighted by molar-refractivity contribution is -0.194. The number of hydrogen-bond donors (Lipinski definition) is 1. The van der Waals surface area contributed by atoms with E-state index in [9.17, 15) is 13.2 Å². The van der Waals surface area contributed by atoms with Gasteiger partial charge in [0.15, 0.2) is 0 Å². The molecule has 1 aromatic carbocycles. The molecule has 0 saturated carbocycles. The smallest absolute Gasteiger partial charge is 0.314 e. The van der Waals surface area contributed by atoms with E-state index < -0.39 is 11.7 Å². The number of alkyl halides is 3. The molecule has 0 fully saturated rings. The van der Waals surface area contributed by atoms with E-state index in [0.717, 1.165) is 0 Å². The third-order valence-corrected chi connectivity index (χ3v) is 2.52. The average Bonchev–Trinajstić information content (AvgIpc) is 2.16. The molecule has 0 bridgehead atoms. The second-order valence-electron chi connectivity index (χ2n) is 4.43. The Morgan fingerprint density at radius 2 is 1.62 bits per heavy atom. The molecule has 1 aromatic rings. The number of rotatable bonds is 3. The van der Waals surface area contributed by atoms with Crippen LogP contribution in [0.3, 0.4) is 0 Å². The van der Waals surface area contributed by atoms with Gasteiger partial charge in [-0.25, -0.2) is 0 Å². The van der Waals surface area contributed by atoms with Crippen LogP contribution in [-0.2, 0) is 5.54 Å². The fourth-order valence-electron chi connectivity index (χ4n) is 1.78. The second kappa shape index (κ2) is 4.45. The Bertz CT molecular complexity index is 332. The fourth-order valence-corrected chi connectivity index (χ4v) is 1.78. The van der Waals surface area contributed by atoms with Crippen LogP contribution in [0.15, 0.2) is 30.3 Å². The summed E-state index contributed by atoms with van der Waals surface area (Å²) < 4.78 is 39.1.